The molecule has 1 rings (SSSR count). The van der Waals surface area contributed by atoms with Gasteiger partial charge in [0.15, 0.2) is 5.03 Å². The molecule has 0 amide bonds. The zero-order valence-corrected chi connectivity index (χ0v) is 9.35. The molecule has 1 heterocycles. The van der Waals surface area contributed by atoms with Gasteiger partial charge in [0.1, 0.15) is 0 Å². The maximum atomic E-state index is 11.7. The first-order valence-electron chi connectivity index (χ1n) is 4.41. The predicted molar refractivity (Wildman–Crippen MR) is 53.3 cm³/mol. The summed E-state index contributed by atoms with van der Waals surface area (Å²) in [5.41, 5.74) is -0.441. The number of aromatic amines is 1. The molecule has 1 aromatic heterocycles. The number of hydrogen-bond acceptors (Lipinski definition) is 3. The second kappa shape index (κ2) is 3.70. The fraction of sp³-hybridized carbons (Fsp3) is 0.625. The average Bonchev–Trinajstić information content (AvgIpc) is 2.54. The quantitative estimate of drug-likeness (QED) is 0.786. The molecular weight excluding hydrogens is 202 g/mol. The van der Waals surface area contributed by atoms with Crippen LogP contribution < -0.4 is 4.72 Å². The van der Waals surface area contributed by atoms with Crippen LogP contribution in [0.5, 0.6) is 0 Å². The lowest BCUT2D eigenvalue weighted by atomic mass is 10.0. The Morgan fingerprint density at radius 3 is 2.64 bits per heavy atom. The first kappa shape index (κ1) is 11.2. The highest BCUT2D eigenvalue weighted by Crippen LogP contribution is 2.12. The number of hydrogen-bond donors (Lipinski definition) is 2. The summed E-state index contributed by atoms with van der Waals surface area (Å²) in [6, 6.07) is 1.42. The SMILES string of the molecule is CCC(C)(C)NS(=O)(=O)c1ccn[nH]1. The lowest BCUT2D eigenvalue weighted by Crippen LogP contribution is -2.42. The minimum Gasteiger partial charge on any atom is -0.266 e. The van der Waals surface area contributed by atoms with E-state index in [-0.39, 0.29) is 5.03 Å². The summed E-state index contributed by atoms with van der Waals surface area (Å²) in [5.74, 6) is 0. The molecule has 0 unspecified atom stereocenters. The molecule has 0 aliphatic rings. The van der Waals surface area contributed by atoms with Gasteiger partial charge in [-0.2, -0.15) is 5.10 Å². The molecule has 0 atom stereocenters. The minimum atomic E-state index is -3.45. The molecule has 5 nitrogen and oxygen atoms in total. The third-order valence-corrected chi connectivity index (χ3v) is 3.69. The third-order valence-electron chi connectivity index (χ3n) is 2.06. The van der Waals surface area contributed by atoms with Gasteiger partial charge in [-0.1, -0.05) is 6.92 Å². The topological polar surface area (TPSA) is 74.8 Å². The number of nitrogens with one attached hydrogen (secondary N) is 2. The van der Waals surface area contributed by atoms with Crippen molar-refractivity contribution in [3.63, 3.8) is 0 Å². The van der Waals surface area contributed by atoms with Crippen molar-refractivity contribution in [2.75, 3.05) is 0 Å². The average molecular weight is 217 g/mol. The van der Waals surface area contributed by atoms with Crippen LogP contribution in [0.1, 0.15) is 27.2 Å². The van der Waals surface area contributed by atoms with Crippen molar-refractivity contribution in [1.82, 2.24) is 14.9 Å². The largest absolute Gasteiger partial charge is 0.266 e. The van der Waals surface area contributed by atoms with E-state index in [9.17, 15) is 8.42 Å². The van der Waals surface area contributed by atoms with Crippen LogP contribution >= 0.6 is 0 Å². The Morgan fingerprint density at radius 2 is 2.21 bits per heavy atom. The van der Waals surface area contributed by atoms with Crippen LogP contribution in [0.25, 0.3) is 0 Å². The van der Waals surface area contributed by atoms with Crippen molar-refractivity contribution in [2.24, 2.45) is 0 Å². The predicted octanol–water partition coefficient (Wildman–Crippen LogP) is 0.877. The molecule has 0 aliphatic heterocycles. The van der Waals surface area contributed by atoms with E-state index in [1.165, 1.54) is 12.3 Å². The van der Waals surface area contributed by atoms with Gasteiger partial charge in [-0.25, -0.2) is 13.1 Å². The molecular formula is C8H15N3O2S. The zero-order valence-electron chi connectivity index (χ0n) is 8.53. The fourth-order valence-electron chi connectivity index (χ4n) is 0.884. The smallest absolute Gasteiger partial charge is 0.257 e. The van der Waals surface area contributed by atoms with Crippen molar-refractivity contribution < 1.29 is 8.42 Å². The van der Waals surface area contributed by atoms with Crippen LogP contribution in [-0.2, 0) is 10.0 Å². The highest BCUT2D eigenvalue weighted by Gasteiger charge is 2.25. The van der Waals surface area contributed by atoms with Crippen LogP contribution in [0.3, 0.4) is 0 Å². The molecule has 0 aliphatic carbocycles. The molecule has 0 saturated carbocycles. The Bertz CT molecular complexity index is 381. The monoisotopic (exact) mass is 217 g/mol. The van der Waals surface area contributed by atoms with Crippen molar-refractivity contribution in [2.45, 2.75) is 37.8 Å². The molecule has 2 N–H and O–H groups in total. The van der Waals surface area contributed by atoms with E-state index >= 15 is 0 Å². The summed E-state index contributed by atoms with van der Waals surface area (Å²) in [7, 11) is -3.45. The van der Waals surface area contributed by atoms with Crippen molar-refractivity contribution in [3.8, 4) is 0 Å². The van der Waals surface area contributed by atoms with E-state index in [1.54, 1.807) is 0 Å². The Balaban J connectivity index is 2.89. The van der Waals surface area contributed by atoms with Crippen molar-refractivity contribution in [3.05, 3.63) is 12.3 Å². The first-order chi connectivity index (χ1) is 6.37. The van der Waals surface area contributed by atoms with Crippen LogP contribution in [0.15, 0.2) is 17.3 Å². The lowest BCUT2D eigenvalue weighted by Gasteiger charge is -2.23. The number of H-pyrrole nitrogens is 1. The van der Waals surface area contributed by atoms with Gasteiger partial charge in [0.25, 0.3) is 10.0 Å². The second-order valence-electron chi connectivity index (χ2n) is 3.76. The number of sulfonamides is 1. The normalized spacial score (nSPS) is 13.1. The molecule has 1 aromatic rings. The van der Waals surface area contributed by atoms with E-state index in [0.29, 0.717) is 0 Å². The highest BCUT2D eigenvalue weighted by molar-refractivity contribution is 7.89. The Morgan fingerprint density at radius 1 is 1.57 bits per heavy atom. The van der Waals surface area contributed by atoms with Gasteiger partial charge in [-0.15, -0.1) is 0 Å². The van der Waals surface area contributed by atoms with Crippen molar-refractivity contribution >= 4 is 10.0 Å². The second-order valence-corrected chi connectivity index (χ2v) is 5.41. The third kappa shape index (κ3) is 2.55. The molecule has 14 heavy (non-hydrogen) atoms. The van der Waals surface area contributed by atoms with Crippen LogP contribution in [-0.4, -0.2) is 24.2 Å². The van der Waals surface area contributed by atoms with Gasteiger partial charge in [-0.05, 0) is 26.3 Å². The van der Waals surface area contributed by atoms with Gasteiger partial charge < -0.3 is 0 Å². The summed E-state index contributed by atoms with van der Waals surface area (Å²) < 4.78 is 26.0. The van der Waals surface area contributed by atoms with Crippen LogP contribution in [0.4, 0.5) is 0 Å². The lowest BCUT2D eigenvalue weighted by molar-refractivity contribution is 0.438. The zero-order chi connectivity index (χ0) is 10.8. The van der Waals surface area contributed by atoms with Gasteiger partial charge in [0.05, 0.1) is 6.20 Å². The van der Waals surface area contributed by atoms with E-state index in [0.717, 1.165) is 6.42 Å². The first-order valence-corrected chi connectivity index (χ1v) is 5.89. The molecule has 80 valence electrons. The minimum absolute atomic E-state index is 0.0963. The maximum Gasteiger partial charge on any atom is 0.257 e. The van der Waals surface area contributed by atoms with Gasteiger partial charge >= 0.3 is 0 Å². The Labute approximate surface area is 84.0 Å². The summed E-state index contributed by atoms with van der Waals surface area (Å²) in [4.78, 5) is 0. The van der Waals surface area contributed by atoms with Crippen molar-refractivity contribution in [1.29, 1.82) is 0 Å². The fourth-order valence-corrected chi connectivity index (χ4v) is 2.28. The van der Waals surface area contributed by atoms with E-state index in [1.807, 2.05) is 20.8 Å². The molecule has 0 radical (unpaired) electrons. The Hall–Kier alpha value is -0.880. The molecule has 0 bridgehead atoms. The van der Waals surface area contributed by atoms with E-state index in [2.05, 4.69) is 14.9 Å². The van der Waals surface area contributed by atoms with Crippen LogP contribution in [0, 0.1) is 0 Å². The van der Waals surface area contributed by atoms with Gasteiger partial charge in [0.2, 0.25) is 0 Å². The van der Waals surface area contributed by atoms with Gasteiger partial charge in [0, 0.05) is 5.54 Å². The number of nitrogens with zero attached hydrogens (tertiary/aromatic N) is 1. The Kier molecular flexibility index (Phi) is 2.96. The number of rotatable bonds is 4. The highest BCUT2D eigenvalue weighted by atomic mass is 32.2. The summed E-state index contributed by atoms with van der Waals surface area (Å²) in [5, 5.41) is 6.12. The van der Waals surface area contributed by atoms with E-state index in [4.69, 9.17) is 0 Å². The molecule has 6 heteroatoms. The molecule has 0 fully saturated rings. The molecule has 0 aromatic carbocycles. The summed E-state index contributed by atoms with van der Waals surface area (Å²) >= 11 is 0. The standard InChI is InChI=1S/C8H15N3O2S/c1-4-8(2,3)11-14(12,13)7-5-6-9-10-7/h5-6,11H,4H2,1-3H3,(H,9,10). The summed E-state index contributed by atoms with van der Waals surface area (Å²) in [6.45, 7) is 5.59. The van der Waals surface area contributed by atoms with Crippen LogP contribution in [0.2, 0.25) is 0 Å². The van der Waals surface area contributed by atoms with Gasteiger partial charge in [-0.3, -0.25) is 5.10 Å². The van der Waals surface area contributed by atoms with E-state index < -0.39 is 15.6 Å². The molecule has 0 saturated heterocycles. The number of aromatic nitrogens is 2. The maximum absolute atomic E-state index is 11.7. The summed E-state index contributed by atoms with van der Waals surface area (Å²) in [6.07, 6.45) is 2.13. The molecule has 0 spiro atoms.